The summed E-state index contributed by atoms with van der Waals surface area (Å²) in [6.07, 6.45) is 4.53. The Balaban J connectivity index is 1.81. The molecule has 1 aliphatic carbocycles. The van der Waals surface area contributed by atoms with Gasteiger partial charge >= 0.3 is 0 Å². The van der Waals surface area contributed by atoms with Crippen LogP contribution in [0.3, 0.4) is 0 Å². The van der Waals surface area contributed by atoms with E-state index in [-0.39, 0.29) is 12.0 Å². The van der Waals surface area contributed by atoms with Gasteiger partial charge in [0.1, 0.15) is 0 Å². The number of aromatic nitrogens is 1. The zero-order chi connectivity index (χ0) is 13.0. The van der Waals surface area contributed by atoms with E-state index in [9.17, 15) is 14.3 Å². The average molecular weight is 252 g/mol. The molecule has 0 saturated heterocycles. The number of halogens is 1. The fraction of sp³-hybridized carbons (Fsp3) is 0.538. The average Bonchev–Trinajstić information content (AvgIpc) is 2.38. The van der Waals surface area contributed by atoms with E-state index in [2.05, 4.69) is 10.3 Å². The van der Waals surface area contributed by atoms with Crippen molar-refractivity contribution in [2.45, 2.75) is 31.8 Å². The Bertz CT molecular complexity index is 417. The lowest BCUT2D eigenvalue weighted by Crippen LogP contribution is -2.32. The van der Waals surface area contributed by atoms with Gasteiger partial charge in [0.2, 0.25) is 5.95 Å². The molecule has 0 aliphatic heterocycles. The Labute approximate surface area is 105 Å². The Hall–Kier alpha value is -1.49. The minimum absolute atomic E-state index is 0.189. The Kier molecular flexibility index (Phi) is 4.25. The van der Waals surface area contributed by atoms with Crippen LogP contribution in [0.15, 0.2) is 18.3 Å². The number of hydrogen-bond acceptors (Lipinski definition) is 3. The third kappa shape index (κ3) is 3.50. The standard InChI is InChI=1S/C13H17FN2O2/c14-12-7-10(5-6-15-12)13(18)16-8-9-1-3-11(17)4-2-9/h5-7,9,11,17H,1-4,8H2,(H,16,18). The molecule has 1 fully saturated rings. The highest BCUT2D eigenvalue weighted by molar-refractivity contribution is 5.93. The third-order valence-electron chi connectivity index (χ3n) is 3.36. The second kappa shape index (κ2) is 5.91. The lowest BCUT2D eigenvalue weighted by atomic mass is 9.87. The molecule has 5 heteroatoms. The molecule has 2 N–H and O–H groups in total. The lowest BCUT2D eigenvalue weighted by Gasteiger charge is -2.25. The molecule has 1 aromatic rings. The van der Waals surface area contributed by atoms with Crippen molar-refractivity contribution < 1.29 is 14.3 Å². The fourth-order valence-corrected chi connectivity index (χ4v) is 2.23. The highest BCUT2D eigenvalue weighted by Gasteiger charge is 2.19. The highest BCUT2D eigenvalue weighted by Crippen LogP contribution is 2.23. The summed E-state index contributed by atoms with van der Waals surface area (Å²) in [5.41, 5.74) is 0.290. The van der Waals surface area contributed by atoms with Gasteiger partial charge in [0, 0.05) is 24.4 Å². The molecule has 0 atom stereocenters. The topological polar surface area (TPSA) is 62.2 Å². The van der Waals surface area contributed by atoms with Crippen LogP contribution in [0.25, 0.3) is 0 Å². The first kappa shape index (κ1) is 13.0. The smallest absolute Gasteiger partial charge is 0.251 e. The van der Waals surface area contributed by atoms with Crippen LogP contribution in [0.1, 0.15) is 36.0 Å². The number of carbonyl (C=O) groups is 1. The maximum atomic E-state index is 12.8. The predicted octanol–water partition coefficient (Wildman–Crippen LogP) is 1.50. The molecule has 98 valence electrons. The zero-order valence-electron chi connectivity index (χ0n) is 10.1. The molecule has 0 spiro atoms. The van der Waals surface area contributed by atoms with E-state index < -0.39 is 5.95 Å². The molecule has 1 amide bonds. The molecule has 0 bridgehead atoms. The number of aliphatic hydroxyl groups is 1. The summed E-state index contributed by atoms with van der Waals surface area (Å²) in [5.74, 6) is -0.519. The SMILES string of the molecule is O=C(NCC1CCC(O)CC1)c1ccnc(F)c1. The van der Waals surface area contributed by atoms with Crippen LogP contribution in [0.4, 0.5) is 4.39 Å². The minimum atomic E-state index is -0.650. The van der Waals surface area contributed by atoms with Crippen molar-refractivity contribution in [1.82, 2.24) is 10.3 Å². The minimum Gasteiger partial charge on any atom is -0.393 e. The van der Waals surface area contributed by atoms with Crippen LogP contribution < -0.4 is 5.32 Å². The van der Waals surface area contributed by atoms with Gasteiger partial charge in [0.25, 0.3) is 5.91 Å². The van der Waals surface area contributed by atoms with E-state index in [1.165, 1.54) is 12.3 Å². The maximum absolute atomic E-state index is 12.8. The first-order chi connectivity index (χ1) is 8.65. The molecular weight excluding hydrogens is 235 g/mol. The van der Waals surface area contributed by atoms with Crippen molar-refractivity contribution in [2.75, 3.05) is 6.54 Å². The molecule has 0 radical (unpaired) electrons. The van der Waals surface area contributed by atoms with E-state index in [4.69, 9.17) is 0 Å². The number of nitrogens with one attached hydrogen (secondary N) is 1. The van der Waals surface area contributed by atoms with Crippen molar-refractivity contribution in [1.29, 1.82) is 0 Å². The fourth-order valence-electron chi connectivity index (χ4n) is 2.23. The van der Waals surface area contributed by atoms with E-state index in [0.717, 1.165) is 31.7 Å². The predicted molar refractivity (Wildman–Crippen MR) is 64.5 cm³/mol. The number of amides is 1. The summed E-state index contributed by atoms with van der Waals surface area (Å²) in [4.78, 5) is 15.2. The first-order valence-electron chi connectivity index (χ1n) is 6.23. The number of nitrogens with zero attached hydrogens (tertiary/aromatic N) is 1. The monoisotopic (exact) mass is 252 g/mol. The van der Waals surface area contributed by atoms with Crippen LogP contribution >= 0.6 is 0 Å². The maximum Gasteiger partial charge on any atom is 0.251 e. The van der Waals surface area contributed by atoms with Crippen molar-refractivity contribution in [2.24, 2.45) is 5.92 Å². The van der Waals surface area contributed by atoms with Gasteiger partial charge in [-0.3, -0.25) is 4.79 Å². The number of carbonyl (C=O) groups excluding carboxylic acids is 1. The van der Waals surface area contributed by atoms with Crippen LogP contribution in [0.5, 0.6) is 0 Å². The van der Waals surface area contributed by atoms with Crippen molar-refractivity contribution in [3.8, 4) is 0 Å². The summed E-state index contributed by atoms with van der Waals surface area (Å²) in [7, 11) is 0. The van der Waals surface area contributed by atoms with Gasteiger partial charge in [-0.05, 0) is 37.7 Å². The van der Waals surface area contributed by atoms with E-state index >= 15 is 0 Å². The molecule has 2 rings (SSSR count). The normalized spacial score (nSPS) is 23.7. The van der Waals surface area contributed by atoms with Gasteiger partial charge in [0.05, 0.1) is 6.10 Å². The number of aliphatic hydroxyl groups excluding tert-OH is 1. The summed E-state index contributed by atoms with van der Waals surface area (Å²) in [6, 6.07) is 2.61. The lowest BCUT2D eigenvalue weighted by molar-refractivity contribution is 0.0909. The van der Waals surface area contributed by atoms with Crippen molar-refractivity contribution in [3.63, 3.8) is 0 Å². The second-order valence-corrected chi connectivity index (χ2v) is 4.75. The van der Waals surface area contributed by atoms with Crippen molar-refractivity contribution in [3.05, 3.63) is 29.8 Å². The van der Waals surface area contributed by atoms with Crippen molar-refractivity contribution >= 4 is 5.91 Å². The van der Waals surface area contributed by atoms with Crippen LogP contribution in [-0.2, 0) is 0 Å². The first-order valence-corrected chi connectivity index (χ1v) is 6.23. The van der Waals surface area contributed by atoms with E-state index in [1.54, 1.807) is 0 Å². The van der Waals surface area contributed by atoms with Gasteiger partial charge in [-0.15, -0.1) is 0 Å². The Morgan fingerprint density at radius 3 is 2.83 bits per heavy atom. The van der Waals surface area contributed by atoms with Gasteiger partial charge in [-0.2, -0.15) is 4.39 Å². The summed E-state index contributed by atoms with van der Waals surface area (Å²) in [6.45, 7) is 0.579. The highest BCUT2D eigenvalue weighted by atomic mass is 19.1. The summed E-state index contributed by atoms with van der Waals surface area (Å²) >= 11 is 0. The van der Waals surface area contributed by atoms with Crippen LogP contribution in [0.2, 0.25) is 0 Å². The van der Waals surface area contributed by atoms with E-state index in [1.807, 2.05) is 0 Å². The van der Waals surface area contributed by atoms with Gasteiger partial charge in [-0.25, -0.2) is 4.98 Å². The summed E-state index contributed by atoms with van der Waals surface area (Å²) in [5, 5.41) is 12.2. The van der Waals surface area contributed by atoms with Crippen LogP contribution in [-0.4, -0.2) is 28.6 Å². The Morgan fingerprint density at radius 1 is 1.44 bits per heavy atom. The molecule has 1 heterocycles. The largest absolute Gasteiger partial charge is 0.393 e. The molecule has 18 heavy (non-hydrogen) atoms. The third-order valence-corrected chi connectivity index (χ3v) is 3.36. The molecular formula is C13H17FN2O2. The molecule has 0 aromatic carbocycles. The van der Waals surface area contributed by atoms with Gasteiger partial charge in [-0.1, -0.05) is 0 Å². The summed E-state index contributed by atoms with van der Waals surface area (Å²) < 4.78 is 12.8. The Morgan fingerprint density at radius 2 is 2.17 bits per heavy atom. The zero-order valence-corrected chi connectivity index (χ0v) is 10.1. The molecule has 0 unspecified atom stereocenters. The number of rotatable bonds is 3. The molecule has 1 aliphatic rings. The number of hydrogen-bond donors (Lipinski definition) is 2. The molecule has 4 nitrogen and oxygen atoms in total. The number of pyridine rings is 1. The van der Waals surface area contributed by atoms with Crippen LogP contribution in [0, 0.1) is 11.9 Å². The molecule has 1 aromatic heterocycles. The van der Waals surface area contributed by atoms with Gasteiger partial charge < -0.3 is 10.4 Å². The van der Waals surface area contributed by atoms with Gasteiger partial charge in [0.15, 0.2) is 0 Å². The quantitative estimate of drug-likeness (QED) is 0.801. The van der Waals surface area contributed by atoms with E-state index in [0.29, 0.717) is 18.0 Å². The second-order valence-electron chi connectivity index (χ2n) is 4.75. The molecule has 1 saturated carbocycles.